The van der Waals surface area contributed by atoms with Crippen LogP contribution in [0.15, 0.2) is 59.4 Å². The Morgan fingerprint density at radius 3 is 2.65 bits per heavy atom. The minimum Gasteiger partial charge on any atom is -0.324 e. The minimum absolute atomic E-state index is 0.0140. The summed E-state index contributed by atoms with van der Waals surface area (Å²) in [6.07, 6.45) is 0.764. The SMILES string of the molecule is Cc1ccc(NC(=O)Cn2nc(C(=O)N3c4ccccc4C[C@H]3C)ccc2=O)c(C)c1. The van der Waals surface area contributed by atoms with E-state index in [0.29, 0.717) is 5.69 Å². The highest BCUT2D eigenvalue weighted by Crippen LogP contribution is 2.32. The summed E-state index contributed by atoms with van der Waals surface area (Å²) in [4.78, 5) is 39.7. The smallest absolute Gasteiger partial charge is 0.278 e. The predicted molar refractivity (Wildman–Crippen MR) is 119 cm³/mol. The van der Waals surface area contributed by atoms with Gasteiger partial charge in [-0.25, -0.2) is 4.68 Å². The molecule has 0 fully saturated rings. The Kier molecular flexibility index (Phi) is 5.42. The van der Waals surface area contributed by atoms with E-state index < -0.39 is 5.56 Å². The maximum absolute atomic E-state index is 13.2. The molecular weight excluding hydrogens is 392 g/mol. The molecule has 1 aromatic heterocycles. The molecule has 0 saturated heterocycles. The number of aromatic nitrogens is 2. The molecule has 3 aromatic rings. The first-order chi connectivity index (χ1) is 14.8. The van der Waals surface area contributed by atoms with Gasteiger partial charge in [-0.15, -0.1) is 0 Å². The molecule has 2 heterocycles. The number of aryl methyl sites for hydroxylation is 2. The Morgan fingerprint density at radius 1 is 1.10 bits per heavy atom. The van der Waals surface area contributed by atoms with Crippen LogP contribution in [0.25, 0.3) is 0 Å². The Labute approximate surface area is 180 Å². The van der Waals surface area contributed by atoms with E-state index in [1.807, 2.05) is 63.2 Å². The third kappa shape index (κ3) is 4.12. The number of amides is 2. The van der Waals surface area contributed by atoms with Crippen LogP contribution in [0.4, 0.5) is 11.4 Å². The molecule has 0 unspecified atom stereocenters. The summed E-state index contributed by atoms with van der Waals surface area (Å²) < 4.78 is 1.03. The highest BCUT2D eigenvalue weighted by molar-refractivity contribution is 6.06. The summed E-state index contributed by atoms with van der Waals surface area (Å²) in [6, 6.07) is 16.1. The summed E-state index contributed by atoms with van der Waals surface area (Å²) >= 11 is 0. The molecule has 1 atom stereocenters. The average Bonchev–Trinajstić information content (AvgIpc) is 3.07. The van der Waals surface area contributed by atoms with Crippen LogP contribution < -0.4 is 15.8 Å². The number of benzene rings is 2. The van der Waals surface area contributed by atoms with Crippen LogP contribution in [0.2, 0.25) is 0 Å². The molecule has 1 N–H and O–H groups in total. The van der Waals surface area contributed by atoms with E-state index in [1.165, 1.54) is 12.1 Å². The van der Waals surface area contributed by atoms with Crippen molar-refractivity contribution in [2.45, 2.75) is 39.8 Å². The van der Waals surface area contributed by atoms with Gasteiger partial charge in [0.15, 0.2) is 0 Å². The molecule has 7 nitrogen and oxygen atoms in total. The van der Waals surface area contributed by atoms with Crippen LogP contribution in [0.5, 0.6) is 0 Å². The number of carbonyl (C=O) groups excluding carboxylic acids is 2. The lowest BCUT2D eigenvalue weighted by Gasteiger charge is -2.22. The molecule has 7 heteroatoms. The van der Waals surface area contributed by atoms with E-state index >= 15 is 0 Å². The highest BCUT2D eigenvalue weighted by Gasteiger charge is 2.32. The second-order valence-corrected chi connectivity index (χ2v) is 7.94. The number of hydrogen-bond acceptors (Lipinski definition) is 4. The van der Waals surface area contributed by atoms with E-state index in [4.69, 9.17) is 0 Å². The van der Waals surface area contributed by atoms with Gasteiger partial charge in [-0.1, -0.05) is 35.9 Å². The summed E-state index contributed by atoms with van der Waals surface area (Å²) in [7, 11) is 0. The van der Waals surface area contributed by atoms with E-state index in [2.05, 4.69) is 10.4 Å². The molecule has 158 valence electrons. The monoisotopic (exact) mass is 416 g/mol. The molecule has 0 bridgehead atoms. The largest absolute Gasteiger partial charge is 0.324 e. The highest BCUT2D eigenvalue weighted by atomic mass is 16.2. The normalized spacial score (nSPS) is 14.9. The average molecular weight is 416 g/mol. The van der Waals surface area contributed by atoms with Crippen LogP contribution in [0.1, 0.15) is 34.1 Å². The maximum atomic E-state index is 13.2. The fourth-order valence-electron chi connectivity index (χ4n) is 3.95. The van der Waals surface area contributed by atoms with Crippen LogP contribution in [-0.4, -0.2) is 27.6 Å². The second kappa shape index (κ2) is 8.18. The van der Waals surface area contributed by atoms with Gasteiger partial charge >= 0.3 is 0 Å². The fourth-order valence-corrected chi connectivity index (χ4v) is 3.95. The first kappa shape index (κ1) is 20.5. The topological polar surface area (TPSA) is 84.3 Å². The molecule has 0 aliphatic carbocycles. The van der Waals surface area contributed by atoms with Crippen LogP contribution in [0, 0.1) is 13.8 Å². The van der Waals surface area contributed by atoms with Crippen molar-refractivity contribution in [3.8, 4) is 0 Å². The third-order valence-corrected chi connectivity index (χ3v) is 5.46. The molecule has 4 rings (SSSR count). The predicted octanol–water partition coefficient (Wildman–Crippen LogP) is 3.09. The quantitative estimate of drug-likeness (QED) is 0.708. The van der Waals surface area contributed by atoms with Gasteiger partial charge in [0.1, 0.15) is 12.2 Å². The van der Waals surface area contributed by atoms with E-state index in [1.54, 1.807) is 4.90 Å². The summed E-state index contributed by atoms with van der Waals surface area (Å²) in [5.41, 5.74) is 4.34. The lowest BCUT2D eigenvalue weighted by Crippen LogP contribution is -2.38. The number of hydrogen-bond donors (Lipinski definition) is 1. The molecule has 0 spiro atoms. The van der Waals surface area contributed by atoms with Crippen LogP contribution in [-0.2, 0) is 17.8 Å². The fraction of sp³-hybridized carbons (Fsp3) is 0.250. The van der Waals surface area contributed by atoms with Crippen molar-refractivity contribution in [2.24, 2.45) is 0 Å². The zero-order valence-electron chi connectivity index (χ0n) is 17.8. The first-order valence-electron chi connectivity index (χ1n) is 10.2. The van der Waals surface area contributed by atoms with Crippen molar-refractivity contribution < 1.29 is 9.59 Å². The lowest BCUT2D eigenvalue weighted by molar-refractivity contribution is -0.117. The van der Waals surface area contributed by atoms with E-state index in [-0.39, 0.29) is 30.1 Å². The van der Waals surface area contributed by atoms with Crippen molar-refractivity contribution in [3.63, 3.8) is 0 Å². The number of para-hydroxylation sites is 1. The summed E-state index contributed by atoms with van der Waals surface area (Å²) in [6.45, 7) is 5.58. The number of fused-ring (bicyclic) bond motifs is 1. The van der Waals surface area contributed by atoms with Gasteiger partial charge in [0.2, 0.25) is 5.91 Å². The third-order valence-electron chi connectivity index (χ3n) is 5.46. The zero-order valence-corrected chi connectivity index (χ0v) is 17.8. The zero-order chi connectivity index (χ0) is 22.1. The lowest BCUT2D eigenvalue weighted by atomic mass is 10.1. The minimum atomic E-state index is -0.442. The molecule has 1 aliphatic rings. The van der Waals surface area contributed by atoms with Gasteiger partial charge in [0.25, 0.3) is 11.5 Å². The molecule has 0 saturated carbocycles. The van der Waals surface area contributed by atoms with Crippen LogP contribution in [0.3, 0.4) is 0 Å². The van der Waals surface area contributed by atoms with Crippen molar-refractivity contribution in [1.82, 2.24) is 9.78 Å². The summed E-state index contributed by atoms with van der Waals surface area (Å²) in [5.74, 6) is -0.674. The van der Waals surface area contributed by atoms with Gasteiger partial charge in [-0.05, 0) is 56.5 Å². The van der Waals surface area contributed by atoms with Gasteiger partial charge < -0.3 is 10.2 Å². The maximum Gasteiger partial charge on any atom is 0.278 e. The molecular formula is C24H24N4O3. The van der Waals surface area contributed by atoms with Crippen molar-refractivity contribution >= 4 is 23.2 Å². The number of rotatable bonds is 4. The van der Waals surface area contributed by atoms with E-state index in [9.17, 15) is 14.4 Å². The van der Waals surface area contributed by atoms with Crippen LogP contribution >= 0.6 is 0 Å². The van der Waals surface area contributed by atoms with Gasteiger partial charge in [-0.2, -0.15) is 5.10 Å². The molecule has 0 radical (unpaired) electrons. The van der Waals surface area contributed by atoms with Gasteiger partial charge in [-0.3, -0.25) is 14.4 Å². The first-order valence-corrected chi connectivity index (χ1v) is 10.2. The van der Waals surface area contributed by atoms with Gasteiger partial charge in [0, 0.05) is 23.5 Å². The Balaban J connectivity index is 1.55. The van der Waals surface area contributed by atoms with Gasteiger partial charge in [0.05, 0.1) is 0 Å². The summed E-state index contributed by atoms with van der Waals surface area (Å²) in [5, 5.41) is 7.00. The number of nitrogens with zero attached hydrogens (tertiary/aromatic N) is 3. The second-order valence-electron chi connectivity index (χ2n) is 7.94. The standard InChI is InChI=1S/C24H24N4O3/c1-15-8-9-19(16(2)12-15)25-22(29)14-27-23(30)11-10-20(26-27)24(31)28-17(3)13-18-6-4-5-7-21(18)28/h4-12,17H,13-14H2,1-3H3,(H,25,29)/t17-/m1/s1. The molecule has 2 aromatic carbocycles. The molecule has 1 aliphatic heterocycles. The Hall–Kier alpha value is -3.74. The van der Waals surface area contributed by atoms with Crippen molar-refractivity contribution in [3.05, 3.63) is 87.3 Å². The Bertz CT molecular complexity index is 1230. The number of anilines is 2. The van der Waals surface area contributed by atoms with Crippen molar-refractivity contribution in [1.29, 1.82) is 0 Å². The van der Waals surface area contributed by atoms with E-state index in [0.717, 1.165) is 33.5 Å². The number of nitrogens with one attached hydrogen (secondary N) is 1. The Morgan fingerprint density at radius 2 is 1.87 bits per heavy atom. The van der Waals surface area contributed by atoms with Crippen molar-refractivity contribution in [2.75, 3.05) is 10.2 Å². The number of carbonyl (C=O) groups is 2. The molecule has 31 heavy (non-hydrogen) atoms. The molecule has 2 amide bonds.